The number of para-hydroxylation sites is 1. The fourth-order valence-electron chi connectivity index (χ4n) is 3.01. The van der Waals surface area contributed by atoms with Gasteiger partial charge >= 0.3 is 0 Å². The van der Waals surface area contributed by atoms with E-state index >= 15 is 0 Å². The normalized spacial score (nSPS) is 11.0. The Bertz CT molecular complexity index is 1050. The van der Waals surface area contributed by atoms with Crippen molar-refractivity contribution in [1.82, 2.24) is 14.4 Å². The molecular weight excluding hydrogens is 312 g/mol. The molecule has 5 heteroatoms. The molecule has 4 aromatic rings. The maximum absolute atomic E-state index is 9.85. The minimum Gasteiger partial charge on any atom is -0.508 e. The number of phenols is 1. The van der Waals surface area contributed by atoms with Gasteiger partial charge in [0.2, 0.25) is 0 Å². The minimum absolute atomic E-state index is 0.214. The highest BCUT2D eigenvalue weighted by Gasteiger charge is 2.16. The third-order valence-corrected chi connectivity index (χ3v) is 4.27. The van der Waals surface area contributed by atoms with Gasteiger partial charge in [-0.1, -0.05) is 30.3 Å². The summed E-state index contributed by atoms with van der Waals surface area (Å²) in [4.78, 5) is 8.87. The predicted molar refractivity (Wildman–Crippen MR) is 99.3 cm³/mol. The summed E-state index contributed by atoms with van der Waals surface area (Å²) < 4.78 is 1.97. The van der Waals surface area contributed by atoms with Crippen LogP contribution in [0.5, 0.6) is 5.75 Å². The van der Waals surface area contributed by atoms with Crippen LogP contribution < -0.4 is 5.32 Å². The van der Waals surface area contributed by atoms with Gasteiger partial charge in [0.1, 0.15) is 17.3 Å². The van der Waals surface area contributed by atoms with Crippen LogP contribution in [0.1, 0.15) is 11.1 Å². The van der Waals surface area contributed by atoms with E-state index in [9.17, 15) is 5.11 Å². The Hall–Kier alpha value is -3.34. The van der Waals surface area contributed by atoms with Gasteiger partial charge < -0.3 is 10.4 Å². The first kappa shape index (κ1) is 15.2. The van der Waals surface area contributed by atoms with E-state index in [0.717, 1.165) is 39.5 Å². The maximum Gasteiger partial charge on any atom is 0.157 e. The van der Waals surface area contributed by atoms with Crippen LogP contribution in [-0.2, 0) is 0 Å². The Labute approximate surface area is 145 Å². The van der Waals surface area contributed by atoms with E-state index in [0.29, 0.717) is 0 Å². The van der Waals surface area contributed by atoms with Crippen molar-refractivity contribution in [1.29, 1.82) is 0 Å². The van der Waals surface area contributed by atoms with Crippen LogP contribution in [0.2, 0.25) is 0 Å². The van der Waals surface area contributed by atoms with Crippen molar-refractivity contribution in [2.24, 2.45) is 0 Å². The summed E-state index contributed by atoms with van der Waals surface area (Å²) in [5.74, 6) is 1.06. The van der Waals surface area contributed by atoms with Gasteiger partial charge in [0.05, 0.1) is 6.20 Å². The molecule has 0 spiro atoms. The molecule has 0 bridgehead atoms. The quantitative estimate of drug-likeness (QED) is 0.582. The molecule has 2 N–H and O–H groups in total. The summed E-state index contributed by atoms with van der Waals surface area (Å²) in [5, 5.41) is 13.4. The van der Waals surface area contributed by atoms with Crippen LogP contribution in [0.3, 0.4) is 0 Å². The van der Waals surface area contributed by atoms with Gasteiger partial charge in [-0.25, -0.2) is 4.98 Å². The molecule has 25 heavy (non-hydrogen) atoms. The van der Waals surface area contributed by atoms with Crippen LogP contribution in [0.4, 0.5) is 11.5 Å². The minimum atomic E-state index is 0.214. The number of hydrogen-bond donors (Lipinski definition) is 2. The molecule has 4 rings (SSSR count). The Morgan fingerprint density at radius 1 is 1.04 bits per heavy atom. The lowest BCUT2D eigenvalue weighted by Gasteiger charge is -2.14. The largest absolute Gasteiger partial charge is 0.508 e. The van der Waals surface area contributed by atoms with Gasteiger partial charge in [0, 0.05) is 23.6 Å². The first-order valence-electron chi connectivity index (χ1n) is 8.08. The zero-order chi connectivity index (χ0) is 17.4. The summed E-state index contributed by atoms with van der Waals surface area (Å²) in [5.41, 5.74) is 5.73. The highest BCUT2D eigenvalue weighted by molar-refractivity contribution is 5.81. The Kier molecular flexibility index (Phi) is 3.61. The van der Waals surface area contributed by atoms with E-state index in [-0.39, 0.29) is 5.75 Å². The van der Waals surface area contributed by atoms with Gasteiger partial charge in [-0.3, -0.25) is 9.38 Å². The molecule has 0 aliphatic rings. The van der Waals surface area contributed by atoms with Gasteiger partial charge in [-0.2, -0.15) is 0 Å². The number of anilines is 2. The lowest BCUT2D eigenvalue weighted by Crippen LogP contribution is -2.00. The van der Waals surface area contributed by atoms with Gasteiger partial charge in [-0.05, 0) is 37.1 Å². The Balaban J connectivity index is 1.94. The van der Waals surface area contributed by atoms with Gasteiger partial charge in [-0.15, -0.1) is 0 Å². The second-order valence-corrected chi connectivity index (χ2v) is 6.06. The second kappa shape index (κ2) is 5.94. The molecule has 0 radical (unpaired) electrons. The molecule has 124 valence electrons. The second-order valence-electron chi connectivity index (χ2n) is 6.06. The van der Waals surface area contributed by atoms with Crippen molar-refractivity contribution in [2.75, 3.05) is 5.32 Å². The Morgan fingerprint density at radius 3 is 2.56 bits per heavy atom. The average molecular weight is 330 g/mol. The number of aromatic nitrogens is 3. The molecule has 0 aliphatic heterocycles. The van der Waals surface area contributed by atoms with Crippen molar-refractivity contribution in [2.45, 2.75) is 13.8 Å². The standard InChI is InChI=1S/C20H18N4O/c1-13-5-3-6-14(2)18(13)23-20-19(15-7-4-8-16(25)11-15)22-17-12-21-9-10-24(17)20/h3-12,23,25H,1-2H3. The number of benzene rings is 2. The molecule has 0 unspecified atom stereocenters. The monoisotopic (exact) mass is 330 g/mol. The molecule has 0 atom stereocenters. The molecule has 0 saturated heterocycles. The van der Waals surface area contributed by atoms with Crippen LogP contribution in [0, 0.1) is 13.8 Å². The van der Waals surface area contributed by atoms with Crippen LogP contribution >= 0.6 is 0 Å². The van der Waals surface area contributed by atoms with Crippen molar-refractivity contribution in [3.63, 3.8) is 0 Å². The molecule has 0 amide bonds. The highest BCUT2D eigenvalue weighted by atomic mass is 16.3. The first-order valence-corrected chi connectivity index (χ1v) is 8.08. The van der Waals surface area contributed by atoms with Crippen LogP contribution in [-0.4, -0.2) is 19.5 Å². The summed E-state index contributed by atoms with van der Waals surface area (Å²) in [7, 11) is 0. The highest BCUT2D eigenvalue weighted by Crippen LogP contribution is 2.34. The summed E-state index contributed by atoms with van der Waals surface area (Å²) in [6.45, 7) is 4.16. The number of rotatable bonds is 3. The third kappa shape index (κ3) is 2.70. The smallest absolute Gasteiger partial charge is 0.157 e. The van der Waals surface area contributed by atoms with Gasteiger partial charge in [0.15, 0.2) is 5.65 Å². The summed E-state index contributed by atoms with van der Waals surface area (Å²) >= 11 is 0. The summed E-state index contributed by atoms with van der Waals surface area (Å²) in [6.07, 6.45) is 5.34. The lowest BCUT2D eigenvalue weighted by atomic mass is 10.1. The maximum atomic E-state index is 9.85. The zero-order valence-electron chi connectivity index (χ0n) is 14.1. The predicted octanol–water partition coefficient (Wildman–Crippen LogP) is 4.46. The fourth-order valence-corrected chi connectivity index (χ4v) is 3.01. The van der Waals surface area contributed by atoms with E-state index in [1.165, 1.54) is 0 Å². The Morgan fingerprint density at radius 2 is 1.80 bits per heavy atom. The number of hydrogen-bond acceptors (Lipinski definition) is 4. The molecule has 0 fully saturated rings. The number of nitrogens with one attached hydrogen (secondary N) is 1. The number of aromatic hydroxyl groups is 1. The van der Waals surface area contributed by atoms with Crippen molar-refractivity contribution >= 4 is 17.2 Å². The van der Waals surface area contributed by atoms with Crippen molar-refractivity contribution in [3.8, 4) is 17.0 Å². The van der Waals surface area contributed by atoms with E-state index in [1.54, 1.807) is 24.5 Å². The molecule has 2 heterocycles. The molecule has 0 saturated carbocycles. The molecule has 2 aromatic heterocycles. The summed E-state index contributed by atoms with van der Waals surface area (Å²) in [6, 6.07) is 13.3. The lowest BCUT2D eigenvalue weighted by molar-refractivity contribution is 0.475. The number of imidazole rings is 1. The van der Waals surface area contributed by atoms with Crippen LogP contribution in [0.25, 0.3) is 16.9 Å². The molecular formula is C20H18N4O. The van der Waals surface area contributed by atoms with Crippen molar-refractivity contribution in [3.05, 3.63) is 72.2 Å². The van der Waals surface area contributed by atoms with E-state index in [1.807, 2.05) is 28.8 Å². The van der Waals surface area contributed by atoms with E-state index < -0.39 is 0 Å². The fraction of sp³-hybridized carbons (Fsp3) is 0.100. The zero-order valence-corrected chi connectivity index (χ0v) is 14.1. The average Bonchev–Trinajstić information content (AvgIpc) is 2.97. The van der Waals surface area contributed by atoms with E-state index in [4.69, 9.17) is 4.98 Å². The number of fused-ring (bicyclic) bond motifs is 1. The topological polar surface area (TPSA) is 62.5 Å². The third-order valence-electron chi connectivity index (χ3n) is 4.27. The van der Waals surface area contributed by atoms with Gasteiger partial charge in [0.25, 0.3) is 0 Å². The SMILES string of the molecule is Cc1cccc(C)c1Nc1c(-c2cccc(O)c2)nc2cnccn12. The molecule has 0 aliphatic carbocycles. The molecule has 5 nitrogen and oxygen atoms in total. The molecule has 2 aromatic carbocycles. The number of phenolic OH excluding ortho intramolecular Hbond substituents is 1. The number of nitrogens with zero attached hydrogens (tertiary/aromatic N) is 3. The van der Waals surface area contributed by atoms with Crippen LogP contribution in [0.15, 0.2) is 61.1 Å². The number of aryl methyl sites for hydroxylation is 2. The first-order chi connectivity index (χ1) is 12.1. The van der Waals surface area contributed by atoms with E-state index in [2.05, 4.69) is 36.3 Å². The van der Waals surface area contributed by atoms with Crippen molar-refractivity contribution < 1.29 is 5.11 Å².